The van der Waals surface area contributed by atoms with Gasteiger partial charge in [-0.1, -0.05) is 66.6 Å². The molecule has 5 N–H and O–H groups in total. The average Bonchev–Trinajstić information content (AvgIpc) is 3.25. The van der Waals surface area contributed by atoms with Crippen LogP contribution in [0.15, 0.2) is 35.9 Å². The fourth-order valence-corrected chi connectivity index (χ4v) is 6.07. The maximum absolute atomic E-state index is 13.8. The van der Waals surface area contributed by atoms with Crippen LogP contribution in [0.4, 0.5) is 9.93 Å². The molecule has 2 heterocycles. The number of nitrogens with zero attached hydrogens (tertiary/aromatic N) is 4. The van der Waals surface area contributed by atoms with Gasteiger partial charge in [0.1, 0.15) is 5.51 Å². The molecule has 0 radical (unpaired) electrons. The molecule has 9 nitrogen and oxygen atoms in total. The Labute approximate surface area is 231 Å². The van der Waals surface area contributed by atoms with Crippen molar-refractivity contribution in [2.75, 3.05) is 25.0 Å². The fraction of sp³-hybridized carbons (Fsp3) is 0.520. The van der Waals surface area contributed by atoms with Crippen LogP contribution < -0.4 is 16.8 Å². The van der Waals surface area contributed by atoms with Crippen LogP contribution in [0.25, 0.3) is 0 Å². The number of piperazine rings is 1. The van der Waals surface area contributed by atoms with Gasteiger partial charge in [-0.25, -0.2) is 4.79 Å². The number of carbonyl (C=O) groups is 2. The van der Waals surface area contributed by atoms with E-state index in [0.717, 1.165) is 23.5 Å². The highest BCUT2D eigenvalue weighted by Gasteiger charge is 2.63. The van der Waals surface area contributed by atoms with E-state index in [9.17, 15) is 9.59 Å². The van der Waals surface area contributed by atoms with Crippen LogP contribution in [0, 0.1) is 11.8 Å². The number of benzene rings is 1. The van der Waals surface area contributed by atoms with E-state index in [0.29, 0.717) is 35.6 Å². The number of carbonyl (C=O) groups excluding carboxylic acids is 2. The maximum Gasteiger partial charge on any atom is 0.315 e. The molecule has 1 unspecified atom stereocenters. The molecule has 4 atom stereocenters. The molecule has 12 heteroatoms. The van der Waals surface area contributed by atoms with Gasteiger partial charge in [-0.05, 0) is 48.8 Å². The van der Waals surface area contributed by atoms with Gasteiger partial charge in [0.15, 0.2) is 0 Å². The molecule has 2 aromatic rings. The fourth-order valence-electron chi connectivity index (χ4n) is 5.11. The first-order valence-corrected chi connectivity index (χ1v) is 14.0. The molecule has 1 aliphatic heterocycles. The zero-order chi connectivity index (χ0) is 26.7. The van der Waals surface area contributed by atoms with Crippen molar-refractivity contribution in [1.29, 1.82) is 0 Å². The molecule has 1 aromatic carbocycles. The standard InChI is InChI=1S/C25H33Cl2N7O2S/c1-15(2)3-6-19-12-34(22(35)21(28)9-16-4-5-18(26)10-20(16)27)25(13-33(19)23(29)36)11-17(25)7-8-30-24-32-31-14-37-24/h3-6,10,14-15,17,19,21H,7-9,11-13,28H2,1-2H3,(H2,29,36)(H,30,32)/b6-3+/t17-,19-,21-,25?/m1/s1. The minimum Gasteiger partial charge on any atom is -0.360 e. The second-order valence-corrected chi connectivity index (χ2v) is 11.8. The van der Waals surface area contributed by atoms with E-state index in [1.54, 1.807) is 28.6 Å². The Morgan fingerprint density at radius 1 is 1.35 bits per heavy atom. The van der Waals surface area contributed by atoms with Crippen molar-refractivity contribution in [2.45, 2.75) is 50.7 Å². The zero-order valence-corrected chi connectivity index (χ0v) is 23.3. The summed E-state index contributed by atoms with van der Waals surface area (Å²) in [6.07, 6.45) is 5.87. The van der Waals surface area contributed by atoms with Gasteiger partial charge in [0.05, 0.1) is 17.6 Å². The van der Waals surface area contributed by atoms with E-state index in [-0.39, 0.29) is 24.3 Å². The molecule has 1 saturated carbocycles. The highest BCUT2D eigenvalue weighted by atomic mass is 35.5. The minimum absolute atomic E-state index is 0.155. The molecule has 200 valence electrons. The normalized spacial score (nSPS) is 24.2. The van der Waals surface area contributed by atoms with E-state index >= 15 is 0 Å². The van der Waals surface area contributed by atoms with Crippen LogP contribution in [0.5, 0.6) is 0 Å². The molecule has 1 spiro atoms. The van der Waals surface area contributed by atoms with Crippen LogP contribution >= 0.6 is 34.5 Å². The smallest absolute Gasteiger partial charge is 0.315 e. The lowest BCUT2D eigenvalue weighted by Gasteiger charge is -2.47. The average molecular weight is 567 g/mol. The van der Waals surface area contributed by atoms with Crippen LogP contribution in [0.1, 0.15) is 32.3 Å². The molecule has 1 aromatic heterocycles. The van der Waals surface area contributed by atoms with Gasteiger partial charge in [0, 0.05) is 29.7 Å². The van der Waals surface area contributed by atoms with Crippen LogP contribution in [0.3, 0.4) is 0 Å². The van der Waals surface area contributed by atoms with Gasteiger partial charge in [-0.15, -0.1) is 10.2 Å². The second-order valence-electron chi connectivity index (χ2n) is 10.1. The summed E-state index contributed by atoms with van der Waals surface area (Å²) in [4.78, 5) is 29.9. The molecule has 1 saturated heterocycles. The Morgan fingerprint density at radius 2 is 2.14 bits per heavy atom. The number of primary amides is 1. The predicted octanol–water partition coefficient (Wildman–Crippen LogP) is 3.78. The Hall–Kier alpha value is -2.40. The molecule has 3 amide bonds. The highest BCUT2D eigenvalue weighted by Crippen LogP contribution is 2.53. The number of aromatic nitrogens is 2. The van der Waals surface area contributed by atoms with Crippen molar-refractivity contribution in [3.8, 4) is 0 Å². The van der Waals surface area contributed by atoms with Crippen molar-refractivity contribution in [2.24, 2.45) is 23.3 Å². The topological polar surface area (TPSA) is 130 Å². The summed E-state index contributed by atoms with van der Waals surface area (Å²) in [5.74, 6) is 0.335. The lowest BCUT2D eigenvalue weighted by molar-refractivity contribution is -0.139. The van der Waals surface area contributed by atoms with E-state index in [1.165, 1.54) is 11.3 Å². The number of rotatable bonds is 9. The number of nitrogens with one attached hydrogen (secondary N) is 1. The van der Waals surface area contributed by atoms with Gasteiger partial charge in [0.2, 0.25) is 11.0 Å². The van der Waals surface area contributed by atoms with Gasteiger partial charge in [-0.3, -0.25) is 4.79 Å². The third-order valence-corrected chi connectivity index (χ3v) is 8.36. The summed E-state index contributed by atoms with van der Waals surface area (Å²) >= 11 is 13.8. The molecule has 1 aliphatic carbocycles. The largest absolute Gasteiger partial charge is 0.360 e. The number of amides is 3. The van der Waals surface area contributed by atoms with Crippen molar-refractivity contribution >= 4 is 51.6 Å². The molecule has 2 fully saturated rings. The summed E-state index contributed by atoms with van der Waals surface area (Å²) in [7, 11) is 0. The van der Waals surface area contributed by atoms with E-state index in [2.05, 4.69) is 29.4 Å². The van der Waals surface area contributed by atoms with Gasteiger partial charge >= 0.3 is 6.03 Å². The van der Waals surface area contributed by atoms with Crippen molar-refractivity contribution in [3.05, 3.63) is 51.5 Å². The van der Waals surface area contributed by atoms with Gasteiger partial charge < -0.3 is 26.6 Å². The Bertz CT molecular complexity index is 1150. The molecule has 0 bridgehead atoms. The second kappa shape index (κ2) is 11.6. The quantitative estimate of drug-likeness (QED) is 0.396. The molecule has 4 rings (SSSR count). The first kappa shape index (κ1) is 27.6. The Morgan fingerprint density at radius 3 is 2.78 bits per heavy atom. The van der Waals surface area contributed by atoms with Crippen LogP contribution in [0.2, 0.25) is 10.0 Å². The molecular formula is C25H33Cl2N7O2S. The van der Waals surface area contributed by atoms with Crippen molar-refractivity contribution in [1.82, 2.24) is 20.0 Å². The summed E-state index contributed by atoms with van der Waals surface area (Å²) in [5, 5.41) is 12.9. The number of anilines is 1. The zero-order valence-electron chi connectivity index (χ0n) is 20.9. The van der Waals surface area contributed by atoms with Crippen LogP contribution in [-0.4, -0.2) is 69.2 Å². The van der Waals surface area contributed by atoms with Crippen molar-refractivity contribution < 1.29 is 9.59 Å². The van der Waals surface area contributed by atoms with Crippen molar-refractivity contribution in [3.63, 3.8) is 0 Å². The van der Waals surface area contributed by atoms with Gasteiger partial charge in [0.25, 0.3) is 0 Å². The molecular weight excluding hydrogens is 533 g/mol. The summed E-state index contributed by atoms with van der Waals surface area (Å²) in [6.45, 7) is 5.52. The van der Waals surface area contributed by atoms with Crippen LogP contribution in [-0.2, 0) is 11.2 Å². The highest BCUT2D eigenvalue weighted by molar-refractivity contribution is 7.13. The first-order chi connectivity index (χ1) is 17.6. The van der Waals surface area contributed by atoms with Gasteiger partial charge in [-0.2, -0.15) is 0 Å². The third-order valence-electron chi connectivity index (χ3n) is 7.12. The SMILES string of the molecule is CC(C)/C=C/[C@@H]1CN(C(=O)[C@H](N)Cc2ccc(Cl)cc2Cl)C2(C[C@H]2CCNc2nncs2)CN1C(N)=O. The monoisotopic (exact) mass is 565 g/mol. The lowest BCUT2D eigenvalue weighted by Crippen LogP contribution is -2.66. The summed E-state index contributed by atoms with van der Waals surface area (Å²) in [5.41, 5.74) is 14.2. The van der Waals surface area contributed by atoms with E-state index < -0.39 is 17.6 Å². The number of halogens is 2. The Balaban J connectivity index is 1.54. The maximum atomic E-state index is 13.8. The molecule has 2 aliphatic rings. The number of hydrogen-bond donors (Lipinski definition) is 3. The summed E-state index contributed by atoms with van der Waals surface area (Å²) in [6, 6.07) is 3.60. The van der Waals surface area contributed by atoms with E-state index in [1.807, 2.05) is 17.1 Å². The number of hydrogen-bond acceptors (Lipinski definition) is 7. The van der Waals surface area contributed by atoms with E-state index in [4.69, 9.17) is 34.7 Å². The number of nitrogens with two attached hydrogens (primary N) is 2. The predicted molar refractivity (Wildman–Crippen MR) is 148 cm³/mol. The Kier molecular flexibility index (Phi) is 8.63. The molecule has 37 heavy (non-hydrogen) atoms. The number of urea groups is 1. The first-order valence-electron chi connectivity index (χ1n) is 12.4. The third kappa shape index (κ3) is 6.37. The lowest BCUT2D eigenvalue weighted by atomic mass is 9.97. The number of allylic oxidation sites excluding steroid dienone is 1. The minimum atomic E-state index is -0.786. The summed E-state index contributed by atoms with van der Waals surface area (Å²) < 4.78 is 0.